The second kappa shape index (κ2) is 45.5. The number of hydrogen-bond donors (Lipinski definition) is 8. The molecule has 11 nitrogen and oxygen atoms in total. The van der Waals surface area contributed by atoms with Gasteiger partial charge in [0, 0.05) is 0 Å². The van der Waals surface area contributed by atoms with Crippen LogP contribution in [0.1, 0.15) is 245 Å². The van der Waals surface area contributed by atoms with E-state index in [0.717, 1.165) is 44.9 Å². The maximum Gasteiger partial charge on any atom is 0.249 e. The number of aliphatic hydroxyl groups is 7. The van der Waals surface area contributed by atoms with Gasteiger partial charge in [-0.25, -0.2) is 0 Å². The van der Waals surface area contributed by atoms with Crippen molar-refractivity contribution < 1.29 is 50.0 Å². The minimum absolute atomic E-state index is 0.245. The molecule has 0 aromatic carbocycles. The molecular weight excluding hydrogens is 847 g/mol. The second-order valence-corrected chi connectivity index (χ2v) is 19.6. The molecule has 9 unspecified atom stereocenters. The predicted molar refractivity (Wildman–Crippen MR) is 275 cm³/mol. The zero-order chi connectivity index (χ0) is 49.0. The van der Waals surface area contributed by atoms with Crippen LogP contribution in [0, 0.1) is 0 Å². The smallest absolute Gasteiger partial charge is 0.249 e. The number of ether oxygens (including phenoxy) is 2. The van der Waals surface area contributed by atoms with Gasteiger partial charge in [-0.2, -0.15) is 0 Å². The average molecular weight is 952 g/mol. The van der Waals surface area contributed by atoms with Crippen LogP contribution >= 0.6 is 0 Å². The number of unbranched alkanes of at least 4 members (excludes halogenated alkanes) is 29. The van der Waals surface area contributed by atoms with Gasteiger partial charge >= 0.3 is 0 Å². The molecule has 1 heterocycles. The van der Waals surface area contributed by atoms with E-state index in [0.29, 0.717) is 19.3 Å². The van der Waals surface area contributed by atoms with E-state index in [9.17, 15) is 40.5 Å². The monoisotopic (exact) mass is 952 g/mol. The Labute approximate surface area is 409 Å². The molecule has 0 aliphatic carbocycles. The highest BCUT2D eigenvalue weighted by Gasteiger charge is 2.44. The fraction of sp³-hybridized carbons (Fsp3) is 0.875. The summed E-state index contributed by atoms with van der Waals surface area (Å²) in [6, 6.07) is -1.19. The third kappa shape index (κ3) is 34.3. The van der Waals surface area contributed by atoms with Crippen molar-refractivity contribution in [1.82, 2.24) is 5.32 Å². The van der Waals surface area contributed by atoms with Crippen LogP contribution < -0.4 is 5.32 Å². The van der Waals surface area contributed by atoms with Crippen LogP contribution in [-0.4, -0.2) is 110 Å². The van der Waals surface area contributed by atoms with E-state index >= 15 is 0 Å². The fourth-order valence-corrected chi connectivity index (χ4v) is 8.81. The summed E-state index contributed by atoms with van der Waals surface area (Å²) in [6.45, 7) is 3.44. The van der Waals surface area contributed by atoms with Crippen LogP contribution in [0.5, 0.6) is 0 Å². The van der Waals surface area contributed by atoms with E-state index in [1.54, 1.807) is 0 Å². The number of carbonyl (C=O) groups excluding carboxylic acids is 1. The van der Waals surface area contributed by atoms with E-state index < -0.39 is 74.2 Å². The summed E-state index contributed by atoms with van der Waals surface area (Å²) in [5, 5.41) is 76.0. The van der Waals surface area contributed by atoms with Gasteiger partial charge < -0.3 is 50.5 Å². The number of carbonyl (C=O) groups is 1. The Hall–Kier alpha value is -1.67. The van der Waals surface area contributed by atoms with Gasteiger partial charge in [-0.1, -0.05) is 204 Å². The van der Waals surface area contributed by atoms with Crippen molar-refractivity contribution in [3.05, 3.63) is 36.5 Å². The van der Waals surface area contributed by atoms with Crippen molar-refractivity contribution in [3.8, 4) is 0 Å². The summed E-state index contributed by atoms with van der Waals surface area (Å²) in [7, 11) is 0. The lowest BCUT2D eigenvalue weighted by atomic mass is 9.98. The predicted octanol–water partition coefficient (Wildman–Crippen LogP) is 11.1. The quantitative estimate of drug-likeness (QED) is 0.0215. The molecule has 0 radical (unpaired) electrons. The van der Waals surface area contributed by atoms with Crippen molar-refractivity contribution in [2.24, 2.45) is 0 Å². The molecule has 1 aliphatic heterocycles. The lowest BCUT2D eigenvalue weighted by Gasteiger charge is -2.40. The van der Waals surface area contributed by atoms with Crippen LogP contribution in [0.4, 0.5) is 0 Å². The van der Waals surface area contributed by atoms with Crippen molar-refractivity contribution in [2.45, 2.75) is 300 Å². The minimum Gasteiger partial charge on any atom is -0.394 e. The standard InChI is InChI=1S/C56H105NO10/c1-3-5-7-9-11-13-15-17-19-21-22-23-24-25-26-27-28-30-32-34-36-38-40-42-44-49(60)55(65)57-47(46-66-56-54(64)53(63)52(62)50(45-58)67-56)51(61)48(59)43-41-39-37-35-33-31-29-20-18-16-14-12-10-8-6-4-2/h20,25-26,29,35,37,47-54,56,58-64H,3-19,21-24,27-28,30-34,36,38-46H2,1-2H3,(H,57,65)/b26-25-,29-20+,37-35+. The average Bonchev–Trinajstić information content (AvgIpc) is 3.33. The van der Waals surface area contributed by atoms with Crippen LogP contribution in [0.2, 0.25) is 0 Å². The first-order valence-electron chi connectivity index (χ1n) is 27.9. The Morgan fingerprint density at radius 1 is 0.507 bits per heavy atom. The van der Waals surface area contributed by atoms with E-state index in [1.807, 2.05) is 0 Å². The van der Waals surface area contributed by atoms with Crippen molar-refractivity contribution in [3.63, 3.8) is 0 Å². The Morgan fingerprint density at radius 2 is 0.896 bits per heavy atom. The summed E-state index contributed by atoms with van der Waals surface area (Å²) >= 11 is 0. The van der Waals surface area contributed by atoms with Crippen LogP contribution in [0.15, 0.2) is 36.5 Å². The summed E-state index contributed by atoms with van der Waals surface area (Å²) in [4.78, 5) is 13.2. The molecule has 67 heavy (non-hydrogen) atoms. The molecule has 0 aromatic rings. The Balaban J connectivity index is 2.35. The lowest BCUT2D eigenvalue weighted by Crippen LogP contribution is -2.60. The molecule has 1 aliphatic rings. The van der Waals surface area contributed by atoms with E-state index in [4.69, 9.17) is 9.47 Å². The number of amides is 1. The molecule has 8 N–H and O–H groups in total. The van der Waals surface area contributed by atoms with Crippen molar-refractivity contribution >= 4 is 5.91 Å². The summed E-state index contributed by atoms with van der Waals surface area (Å²) < 4.78 is 11.1. The van der Waals surface area contributed by atoms with Crippen molar-refractivity contribution in [1.29, 1.82) is 0 Å². The van der Waals surface area contributed by atoms with E-state index in [1.165, 1.54) is 154 Å². The molecule has 9 atom stereocenters. The highest BCUT2D eigenvalue weighted by atomic mass is 16.7. The molecule has 0 aromatic heterocycles. The molecule has 0 bridgehead atoms. The first kappa shape index (κ1) is 63.3. The third-order valence-corrected chi connectivity index (χ3v) is 13.4. The van der Waals surface area contributed by atoms with Crippen LogP contribution in [0.25, 0.3) is 0 Å². The Morgan fingerprint density at radius 3 is 1.33 bits per heavy atom. The molecule has 0 saturated carbocycles. The zero-order valence-electron chi connectivity index (χ0n) is 42.9. The second-order valence-electron chi connectivity index (χ2n) is 19.6. The zero-order valence-corrected chi connectivity index (χ0v) is 42.9. The number of nitrogens with one attached hydrogen (secondary N) is 1. The number of hydrogen-bond acceptors (Lipinski definition) is 10. The highest BCUT2D eigenvalue weighted by Crippen LogP contribution is 2.23. The molecule has 1 amide bonds. The topological polar surface area (TPSA) is 189 Å². The minimum atomic E-state index is -1.67. The first-order valence-corrected chi connectivity index (χ1v) is 27.9. The number of rotatable bonds is 47. The fourth-order valence-electron chi connectivity index (χ4n) is 8.81. The number of aliphatic hydroxyl groups excluding tert-OH is 7. The van der Waals surface area contributed by atoms with Crippen LogP contribution in [-0.2, 0) is 14.3 Å². The first-order chi connectivity index (χ1) is 32.7. The Bertz CT molecular complexity index is 1180. The maximum absolute atomic E-state index is 13.2. The van der Waals surface area contributed by atoms with Gasteiger partial charge in [-0.15, -0.1) is 0 Å². The SMILES string of the molecule is CCCCCCCCC/C=C/CC/C=C/CCCC(O)C(O)C(COC1OC(CO)C(O)C(O)C1O)NC(=O)C(O)CCCCCCCCCC/C=C\CCCCCCCCCCCCCC. The lowest BCUT2D eigenvalue weighted by molar-refractivity contribution is -0.303. The van der Waals surface area contributed by atoms with Crippen LogP contribution in [0.3, 0.4) is 0 Å². The van der Waals surface area contributed by atoms with Gasteiger partial charge in [0.1, 0.15) is 36.6 Å². The van der Waals surface area contributed by atoms with Gasteiger partial charge in [0.15, 0.2) is 6.29 Å². The summed E-state index contributed by atoms with van der Waals surface area (Å²) in [5.74, 6) is -0.712. The van der Waals surface area contributed by atoms with E-state index in [-0.39, 0.29) is 12.8 Å². The maximum atomic E-state index is 13.2. The summed E-state index contributed by atoms with van der Waals surface area (Å²) in [5.41, 5.74) is 0. The van der Waals surface area contributed by atoms with Gasteiger partial charge in [0.25, 0.3) is 0 Å². The molecule has 0 spiro atoms. The molecule has 1 fully saturated rings. The molecular formula is C56H105NO10. The molecule has 1 saturated heterocycles. The van der Waals surface area contributed by atoms with E-state index in [2.05, 4.69) is 55.6 Å². The van der Waals surface area contributed by atoms with Gasteiger partial charge in [0.05, 0.1) is 25.4 Å². The van der Waals surface area contributed by atoms with Crippen molar-refractivity contribution in [2.75, 3.05) is 13.2 Å². The largest absolute Gasteiger partial charge is 0.394 e. The van der Waals surface area contributed by atoms with Gasteiger partial charge in [-0.05, 0) is 77.0 Å². The normalized spacial score (nSPS) is 20.9. The molecule has 11 heteroatoms. The molecule has 394 valence electrons. The summed E-state index contributed by atoms with van der Waals surface area (Å²) in [6.07, 6.45) is 43.4. The third-order valence-electron chi connectivity index (χ3n) is 13.4. The van der Waals surface area contributed by atoms with Gasteiger partial charge in [0.2, 0.25) is 5.91 Å². The number of allylic oxidation sites excluding steroid dienone is 6. The molecule has 1 rings (SSSR count). The Kier molecular flexibility index (Phi) is 43.0. The van der Waals surface area contributed by atoms with Gasteiger partial charge in [-0.3, -0.25) is 4.79 Å². The highest BCUT2D eigenvalue weighted by molar-refractivity contribution is 5.80.